The van der Waals surface area contributed by atoms with E-state index < -0.39 is 17.6 Å². The van der Waals surface area contributed by atoms with Gasteiger partial charge < -0.3 is 24.2 Å². The molecule has 5 rings (SSSR count). The summed E-state index contributed by atoms with van der Waals surface area (Å²) in [4.78, 5) is 43.5. The Morgan fingerprint density at radius 3 is 2.48 bits per heavy atom. The van der Waals surface area contributed by atoms with Crippen LogP contribution in [0.5, 0.6) is 0 Å². The summed E-state index contributed by atoms with van der Waals surface area (Å²) in [5.74, 6) is -0.391. The molecule has 2 amide bonds. The Balaban J connectivity index is 1.52. The lowest BCUT2D eigenvalue weighted by Gasteiger charge is -2.45. The van der Waals surface area contributed by atoms with Gasteiger partial charge in [0.2, 0.25) is 0 Å². The second-order valence-corrected chi connectivity index (χ2v) is 10.5. The fourth-order valence-corrected chi connectivity index (χ4v) is 5.70. The normalized spacial score (nSPS) is 20.7. The van der Waals surface area contributed by atoms with Gasteiger partial charge in [-0.25, -0.2) is 9.59 Å². The van der Waals surface area contributed by atoms with Crippen LogP contribution in [0.1, 0.15) is 55.1 Å². The van der Waals surface area contributed by atoms with E-state index in [1.165, 1.54) is 16.2 Å². The highest BCUT2D eigenvalue weighted by atomic mass is 16.4. The maximum absolute atomic E-state index is 13.4. The minimum atomic E-state index is -0.986. The van der Waals surface area contributed by atoms with Crippen LogP contribution in [0.2, 0.25) is 0 Å². The van der Waals surface area contributed by atoms with Crippen molar-refractivity contribution >= 4 is 28.7 Å². The van der Waals surface area contributed by atoms with Gasteiger partial charge in [-0.15, -0.1) is 0 Å². The van der Waals surface area contributed by atoms with E-state index in [9.17, 15) is 19.5 Å². The minimum Gasteiger partial charge on any atom is -0.465 e. The Labute approximate surface area is 192 Å². The van der Waals surface area contributed by atoms with Crippen molar-refractivity contribution in [1.29, 1.82) is 0 Å². The molecule has 1 saturated heterocycles. The second kappa shape index (κ2) is 7.78. The van der Waals surface area contributed by atoms with Gasteiger partial charge in [0.05, 0.1) is 6.04 Å². The number of carbonyl (C=O) groups is 2. The second-order valence-electron chi connectivity index (χ2n) is 10.5. The van der Waals surface area contributed by atoms with Crippen LogP contribution in [0, 0.1) is 5.41 Å². The summed E-state index contributed by atoms with van der Waals surface area (Å²) in [6.45, 7) is 8.66. The number of rotatable bonds is 1. The van der Waals surface area contributed by atoms with Gasteiger partial charge in [0.15, 0.2) is 0 Å². The first-order chi connectivity index (χ1) is 15.6. The predicted molar refractivity (Wildman–Crippen MR) is 125 cm³/mol. The molecule has 4 heterocycles. The zero-order valence-electron chi connectivity index (χ0n) is 19.5. The van der Waals surface area contributed by atoms with E-state index in [2.05, 4.69) is 11.0 Å². The maximum atomic E-state index is 13.4. The third-order valence-electron chi connectivity index (χ3n) is 7.36. The first-order valence-electron chi connectivity index (χ1n) is 11.8. The molecule has 0 spiro atoms. The molecule has 1 aromatic heterocycles. The Kier molecular flexibility index (Phi) is 5.14. The Hall–Kier alpha value is -3.03. The molecule has 1 aromatic carbocycles. The summed E-state index contributed by atoms with van der Waals surface area (Å²) < 4.78 is 5.79. The molecule has 1 atom stereocenters. The van der Waals surface area contributed by atoms with E-state index >= 15 is 0 Å². The van der Waals surface area contributed by atoms with Crippen LogP contribution in [-0.2, 0) is 12.8 Å². The van der Waals surface area contributed by atoms with Gasteiger partial charge in [0.1, 0.15) is 11.1 Å². The van der Waals surface area contributed by atoms with E-state index in [0.717, 1.165) is 49.7 Å². The summed E-state index contributed by atoms with van der Waals surface area (Å²) in [5, 5.41) is 10.4. The molecular weight excluding hydrogens is 422 g/mol. The van der Waals surface area contributed by atoms with Crippen molar-refractivity contribution in [2.45, 2.75) is 52.5 Å². The molecule has 8 heteroatoms. The summed E-state index contributed by atoms with van der Waals surface area (Å²) in [6, 6.07) is 3.40. The monoisotopic (exact) mass is 453 g/mol. The number of carboxylic acid groups (broad SMARTS) is 1. The highest BCUT2D eigenvalue weighted by molar-refractivity contribution is 5.98. The topological polar surface area (TPSA) is 94.3 Å². The maximum Gasteiger partial charge on any atom is 0.407 e. The van der Waals surface area contributed by atoms with Crippen molar-refractivity contribution in [2.24, 2.45) is 5.41 Å². The Morgan fingerprint density at radius 2 is 1.79 bits per heavy atom. The molecule has 8 nitrogen and oxygen atoms in total. The van der Waals surface area contributed by atoms with Crippen LogP contribution in [0.3, 0.4) is 0 Å². The zero-order valence-corrected chi connectivity index (χ0v) is 19.5. The number of fused-ring (bicyclic) bond motifs is 2. The molecular formula is C25H31N3O5. The number of amides is 2. The molecule has 33 heavy (non-hydrogen) atoms. The van der Waals surface area contributed by atoms with Crippen molar-refractivity contribution in [3.8, 4) is 0 Å². The van der Waals surface area contributed by atoms with Gasteiger partial charge in [-0.2, -0.15) is 0 Å². The number of carbonyl (C=O) groups excluding carboxylic acids is 1. The smallest absolute Gasteiger partial charge is 0.407 e. The first-order valence-corrected chi connectivity index (χ1v) is 11.8. The molecule has 176 valence electrons. The third-order valence-corrected chi connectivity index (χ3v) is 7.36. The molecule has 1 fully saturated rings. The van der Waals surface area contributed by atoms with Crippen molar-refractivity contribution in [1.82, 2.24) is 9.80 Å². The number of hydrogen-bond donors (Lipinski definition) is 1. The molecule has 2 aromatic rings. The van der Waals surface area contributed by atoms with Crippen molar-refractivity contribution in [3.05, 3.63) is 39.2 Å². The van der Waals surface area contributed by atoms with Crippen LogP contribution in [-0.4, -0.2) is 65.7 Å². The minimum absolute atomic E-state index is 0.0227. The first kappa shape index (κ1) is 21.8. The SMILES string of the molecule is CC(C)(C)C1CN(C(=O)c2cc3cc4c5c(c3oc2=O)CCCN5CCC4)CCN1C(=O)O. The lowest BCUT2D eigenvalue weighted by Crippen LogP contribution is -2.60. The van der Waals surface area contributed by atoms with Gasteiger partial charge in [-0.3, -0.25) is 4.79 Å². The zero-order chi connectivity index (χ0) is 23.5. The van der Waals surface area contributed by atoms with Crippen molar-refractivity contribution in [3.63, 3.8) is 0 Å². The van der Waals surface area contributed by atoms with E-state index in [4.69, 9.17) is 4.42 Å². The lowest BCUT2D eigenvalue weighted by atomic mass is 9.84. The summed E-state index contributed by atoms with van der Waals surface area (Å²) in [7, 11) is 0. The molecule has 0 aliphatic carbocycles. The van der Waals surface area contributed by atoms with Gasteiger partial charge >= 0.3 is 11.7 Å². The van der Waals surface area contributed by atoms with Gasteiger partial charge in [0, 0.05) is 49.4 Å². The highest BCUT2D eigenvalue weighted by Crippen LogP contribution is 2.39. The van der Waals surface area contributed by atoms with E-state index in [0.29, 0.717) is 5.58 Å². The van der Waals surface area contributed by atoms with E-state index in [1.54, 1.807) is 11.0 Å². The number of anilines is 1. The number of benzene rings is 1. The lowest BCUT2D eigenvalue weighted by molar-refractivity contribution is 0.0196. The predicted octanol–water partition coefficient (Wildman–Crippen LogP) is 3.34. The average molecular weight is 454 g/mol. The Morgan fingerprint density at radius 1 is 1.06 bits per heavy atom. The fraction of sp³-hybridized carbons (Fsp3) is 0.560. The van der Waals surface area contributed by atoms with Crippen LogP contribution >= 0.6 is 0 Å². The summed E-state index contributed by atoms with van der Waals surface area (Å²) in [5.41, 5.74) is 3.23. The Bertz CT molecular complexity index is 1190. The number of aryl methyl sites for hydroxylation is 2. The van der Waals surface area contributed by atoms with Crippen LogP contribution < -0.4 is 10.5 Å². The number of hydrogen-bond acceptors (Lipinski definition) is 5. The average Bonchev–Trinajstić information content (AvgIpc) is 2.78. The molecule has 3 aliphatic rings. The standard InChI is InChI=1S/C25H31N3O5/c1-25(2,3)19-14-27(10-11-28(19)24(31)32)22(29)18-13-16-12-15-6-4-8-26-9-5-7-17(20(15)26)21(16)33-23(18)30/h12-13,19H,4-11,14H2,1-3H3,(H,31,32). The van der Waals surface area contributed by atoms with E-state index in [1.807, 2.05) is 20.8 Å². The molecule has 0 saturated carbocycles. The number of nitrogens with zero attached hydrogens (tertiary/aromatic N) is 3. The summed E-state index contributed by atoms with van der Waals surface area (Å²) in [6.07, 6.45) is 3.00. The molecule has 1 unspecified atom stereocenters. The van der Waals surface area contributed by atoms with Gasteiger partial charge in [-0.1, -0.05) is 20.8 Å². The summed E-state index contributed by atoms with van der Waals surface area (Å²) >= 11 is 0. The molecule has 0 radical (unpaired) electrons. The third kappa shape index (κ3) is 3.65. The van der Waals surface area contributed by atoms with Crippen LogP contribution in [0.4, 0.5) is 10.5 Å². The molecule has 1 N–H and O–H groups in total. The molecule has 3 aliphatic heterocycles. The highest BCUT2D eigenvalue weighted by Gasteiger charge is 2.40. The van der Waals surface area contributed by atoms with E-state index in [-0.39, 0.29) is 36.7 Å². The quantitative estimate of drug-likeness (QED) is 0.666. The number of piperazine rings is 1. The van der Waals surface area contributed by atoms with Gasteiger partial charge in [0.25, 0.3) is 5.91 Å². The van der Waals surface area contributed by atoms with Crippen LogP contribution in [0.25, 0.3) is 11.0 Å². The van der Waals surface area contributed by atoms with Gasteiger partial charge in [-0.05, 0) is 48.8 Å². The van der Waals surface area contributed by atoms with Crippen LogP contribution in [0.15, 0.2) is 21.3 Å². The fourth-order valence-electron chi connectivity index (χ4n) is 5.70. The molecule has 0 bridgehead atoms. The van der Waals surface area contributed by atoms with Crippen molar-refractivity contribution in [2.75, 3.05) is 37.6 Å². The van der Waals surface area contributed by atoms with Crippen molar-refractivity contribution < 1.29 is 19.1 Å². The largest absolute Gasteiger partial charge is 0.465 e.